The summed E-state index contributed by atoms with van der Waals surface area (Å²) in [6.07, 6.45) is 0. The zero-order valence-corrected chi connectivity index (χ0v) is 11.8. The molecule has 112 valence electrons. The average molecular weight is 312 g/mol. The highest BCUT2D eigenvalue weighted by Gasteiger charge is 2.21. The highest BCUT2D eigenvalue weighted by atomic mass is 32.2. The SMILES string of the molecule is Cc1ccc(CNS(=O)(=O)c2ccc(O)c([N+](=O)[O-])c2)o1. The summed E-state index contributed by atoms with van der Waals surface area (Å²) in [6.45, 7) is 1.65. The number of hydrogen-bond acceptors (Lipinski definition) is 6. The molecule has 21 heavy (non-hydrogen) atoms. The number of phenols is 1. The van der Waals surface area contributed by atoms with Crippen LogP contribution in [0.1, 0.15) is 11.5 Å². The third kappa shape index (κ3) is 3.38. The standard InChI is InChI=1S/C12H12N2O6S/c1-8-2-3-9(20-8)7-13-21(18,19)10-4-5-12(15)11(6-10)14(16)17/h2-6,13,15H,7H2,1H3. The molecule has 0 aliphatic heterocycles. The number of aromatic hydroxyl groups is 1. The number of nitrogens with one attached hydrogen (secondary N) is 1. The number of hydrogen-bond donors (Lipinski definition) is 2. The van der Waals surface area contributed by atoms with Crippen molar-refractivity contribution < 1.29 is 22.9 Å². The monoisotopic (exact) mass is 312 g/mol. The first kappa shape index (κ1) is 15.0. The lowest BCUT2D eigenvalue weighted by Gasteiger charge is -2.06. The summed E-state index contributed by atoms with van der Waals surface area (Å²) >= 11 is 0. The van der Waals surface area contributed by atoms with E-state index in [1.807, 2.05) is 0 Å². The Hall–Kier alpha value is -2.39. The van der Waals surface area contributed by atoms with Crippen LogP contribution in [0, 0.1) is 17.0 Å². The highest BCUT2D eigenvalue weighted by Crippen LogP contribution is 2.28. The number of sulfonamides is 1. The largest absolute Gasteiger partial charge is 0.502 e. The van der Waals surface area contributed by atoms with Crippen molar-refractivity contribution in [1.29, 1.82) is 0 Å². The lowest BCUT2D eigenvalue weighted by atomic mass is 10.3. The van der Waals surface area contributed by atoms with Crippen LogP contribution in [0.25, 0.3) is 0 Å². The summed E-state index contributed by atoms with van der Waals surface area (Å²) in [5, 5.41) is 20.0. The number of furan rings is 1. The maximum Gasteiger partial charge on any atom is 0.312 e. The van der Waals surface area contributed by atoms with Gasteiger partial charge < -0.3 is 9.52 Å². The molecule has 2 aromatic rings. The van der Waals surface area contributed by atoms with Crippen LogP contribution < -0.4 is 4.72 Å². The van der Waals surface area contributed by atoms with Crippen LogP contribution >= 0.6 is 0 Å². The molecule has 0 atom stereocenters. The summed E-state index contributed by atoms with van der Waals surface area (Å²) in [7, 11) is -3.95. The van der Waals surface area contributed by atoms with Crippen LogP contribution in [0.4, 0.5) is 5.69 Å². The van der Waals surface area contributed by atoms with E-state index in [1.165, 1.54) is 0 Å². The fourth-order valence-electron chi connectivity index (χ4n) is 1.65. The molecule has 1 aromatic carbocycles. The van der Waals surface area contributed by atoms with Gasteiger partial charge >= 0.3 is 5.69 Å². The first-order chi connectivity index (χ1) is 9.79. The molecule has 0 amide bonds. The van der Waals surface area contributed by atoms with Gasteiger partial charge in [0.25, 0.3) is 0 Å². The summed E-state index contributed by atoms with van der Waals surface area (Å²) in [5.41, 5.74) is -0.674. The van der Waals surface area contributed by atoms with E-state index in [-0.39, 0.29) is 11.4 Å². The van der Waals surface area contributed by atoms with Crippen molar-refractivity contribution >= 4 is 15.7 Å². The first-order valence-corrected chi connectivity index (χ1v) is 7.30. The van der Waals surface area contributed by atoms with E-state index in [0.29, 0.717) is 11.5 Å². The van der Waals surface area contributed by atoms with Crippen molar-refractivity contribution in [3.05, 3.63) is 52.0 Å². The summed E-state index contributed by atoms with van der Waals surface area (Å²) in [6, 6.07) is 6.15. The van der Waals surface area contributed by atoms with Crippen LogP contribution in [0.3, 0.4) is 0 Å². The van der Waals surface area contributed by atoms with Crippen molar-refractivity contribution in [1.82, 2.24) is 4.72 Å². The van der Waals surface area contributed by atoms with Gasteiger partial charge in [-0.2, -0.15) is 0 Å². The molecular formula is C12H12N2O6S. The predicted molar refractivity (Wildman–Crippen MR) is 72.2 cm³/mol. The van der Waals surface area contributed by atoms with Crippen LogP contribution in [-0.2, 0) is 16.6 Å². The Labute approximate surface area is 120 Å². The third-order valence-electron chi connectivity index (χ3n) is 2.69. The molecule has 0 aliphatic carbocycles. The molecule has 1 aromatic heterocycles. The van der Waals surface area contributed by atoms with E-state index >= 15 is 0 Å². The minimum atomic E-state index is -3.95. The number of nitrogens with zero attached hydrogens (tertiary/aromatic N) is 1. The molecule has 0 radical (unpaired) electrons. The molecular weight excluding hydrogens is 300 g/mol. The summed E-state index contributed by atoms with van der Waals surface area (Å²) in [4.78, 5) is 9.53. The Balaban J connectivity index is 2.23. The van der Waals surface area contributed by atoms with Gasteiger partial charge in [0.05, 0.1) is 16.4 Å². The number of nitro benzene ring substituents is 1. The van der Waals surface area contributed by atoms with Gasteiger partial charge in [0.1, 0.15) is 11.5 Å². The van der Waals surface area contributed by atoms with Gasteiger partial charge in [-0.3, -0.25) is 10.1 Å². The Bertz CT molecular complexity index is 781. The number of phenolic OH excluding ortho intramolecular Hbond substituents is 1. The molecule has 8 nitrogen and oxygen atoms in total. The van der Waals surface area contributed by atoms with Crippen molar-refractivity contribution in [3.63, 3.8) is 0 Å². The molecule has 0 unspecified atom stereocenters. The Morgan fingerprint density at radius 3 is 2.62 bits per heavy atom. The minimum Gasteiger partial charge on any atom is -0.502 e. The quantitative estimate of drug-likeness (QED) is 0.639. The van der Waals surface area contributed by atoms with E-state index in [1.54, 1.807) is 19.1 Å². The number of benzene rings is 1. The van der Waals surface area contributed by atoms with Crippen molar-refractivity contribution in [2.75, 3.05) is 0 Å². The van der Waals surface area contributed by atoms with E-state index < -0.39 is 26.4 Å². The van der Waals surface area contributed by atoms with Crippen LogP contribution in [0.15, 0.2) is 39.6 Å². The number of rotatable bonds is 5. The molecule has 0 aliphatic rings. The van der Waals surface area contributed by atoms with Gasteiger partial charge in [0, 0.05) is 6.07 Å². The second-order valence-corrected chi connectivity index (χ2v) is 6.01. The van der Waals surface area contributed by atoms with Crippen LogP contribution in [0.2, 0.25) is 0 Å². The molecule has 2 rings (SSSR count). The van der Waals surface area contributed by atoms with Crippen LogP contribution in [0.5, 0.6) is 5.75 Å². The van der Waals surface area contributed by atoms with Crippen LogP contribution in [-0.4, -0.2) is 18.4 Å². The lowest BCUT2D eigenvalue weighted by molar-refractivity contribution is -0.386. The second-order valence-electron chi connectivity index (χ2n) is 4.24. The molecule has 0 fully saturated rings. The fraction of sp³-hybridized carbons (Fsp3) is 0.167. The molecule has 0 bridgehead atoms. The minimum absolute atomic E-state index is 0.0785. The Morgan fingerprint density at radius 2 is 2.05 bits per heavy atom. The molecule has 0 saturated heterocycles. The first-order valence-electron chi connectivity index (χ1n) is 5.82. The molecule has 9 heteroatoms. The number of aryl methyl sites for hydroxylation is 1. The third-order valence-corrected chi connectivity index (χ3v) is 4.09. The smallest absolute Gasteiger partial charge is 0.312 e. The Morgan fingerprint density at radius 1 is 1.33 bits per heavy atom. The molecule has 0 saturated carbocycles. The van der Waals surface area contributed by atoms with Gasteiger partial charge in [-0.25, -0.2) is 13.1 Å². The van der Waals surface area contributed by atoms with E-state index in [4.69, 9.17) is 4.42 Å². The topological polar surface area (TPSA) is 123 Å². The van der Waals surface area contributed by atoms with Gasteiger partial charge in [0.15, 0.2) is 5.75 Å². The normalized spacial score (nSPS) is 11.5. The lowest BCUT2D eigenvalue weighted by Crippen LogP contribution is -2.23. The van der Waals surface area contributed by atoms with E-state index in [9.17, 15) is 23.6 Å². The average Bonchev–Trinajstić information content (AvgIpc) is 2.82. The number of nitro groups is 1. The van der Waals surface area contributed by atoms with Gasteiger partial charge in [-0.1, -0.05) is 0 Å². The van der Waals surface area contributed by atoms with Gasteiger partial charge in [-0.05, 0) is 31.2 Å². The molecule has 1 heterocycles. The van der Waals surface area contributed by atoms with Crippen molar-refractivity contribution in [3.8, 4) is 5.75 Å². The van der Waals surface area contributed by atoms with E-state index in [2.05, 4.69) is 4.72 Å². The predicted octanol–water partition coefficient (Wildman–Crippen LogP) is 1.68. The molecule has 2 N–H and O–H groups in total. The fourth-order valence-corrected chi connectivity index (χ4v) is 2.66. The second kappa shape index (κ2) is 5.54. The highest BCUT2D eigenvalue weighted by molar-refractivity contribution is 7.89. The van der Waals surface area contributed by atoms with Gasteiger partial charge in [0.2, 0.25) is 10.0 Å². The van der Waals surface area contributed by atoms with Crippen molar-refractivity contribution in [2.24, 2.45) is 0 Å². The van der Waals surface area contributed by atoms with E-state index in [0.717, 1.165) is 18.2 Å². The maximum absolute atomic E-state index is 12.0. The van der Waals surface area contributed by atoms with Gasteiger partial charge in [-0.15, -0.1) is 0 Å². The maximum atomic E-state index is 12.0. The summed E-state index contributed by atoms with van der Waals surface area (Å²) in [5.74, 6) is 0.467. The summed E-state index contributed by atoms with van der Waals surface area (Å²) < 4.78 is 31.6. The van der Waals surface area contributed by atoms with Crippen molar-refractivity contribution in [2.45, 2.75) is 18.4 Å². The molecule has 0 spiro atoms. The Kier molecular flexibility index (Phi) is 3.96. The zero-order chi connectivity index (χ0) is 15.6. The zero-order valence-electron chi connectivity index (χ0n) is 10.9.